The van der Waals surface area contributed by atoms with Crippen LogP contribution in [0.15, 0.2) is 34.9 Å². The van der Waals surface area contributed by atoms with E-state index in [2.05, 4.69) is 5.32 Å². The van der Waals surface area contributed by atoms with E-state index in [4.69, 9.17) is 16.3 Å². The highest BCUT2D eigenvalue weighted by molar-refractivity contribution is 6.31. The second-order valence-electron chi connectivity index (χ2n) is 7.39. The lowest BCUT2D eigenvalue weighted by Crippen LogP contribution is -2.52. The molecule has 4 rings (SSSR count). The molecule has 3 heterocycles. The molecule has 2 bridgehead atoms. The molecule has 3 aliphatic heterocycles. The van der Waals surface area contributed by atoms with Gasteiger partial charge in [-0.3, -0.25) is 19.8 Å². The second-order valence-corrected chi connectivity index (χ2v) is 7.85. The summed E-state index contributed by atoms with van der Waals surface area (Å²) >= 11 is 6.40. The molecule has 2 unspecified atom stereocenters. The number of alkyl halides is 3. The van der Waals surface area contributed by atoms with Gasteiger partial charge in [-0.1, -0.05) is 23.7 Å². The van der Waals surface area contributed by atoms with Crippen molar-refractivity contribution in [3.05, 3.63) is 46.0 Å². The van der Waals surface area contributed by atoms with E-state index in [9.17, 15) is 27.6 Å². The number of hydrogen-bond acceptors (Lipinski definition) is 5. The predicted octanol–water partition coefficient (Wildman–Crippen LogP) is 3.12. The van der Waals surface area contributed by atoms with Gasteiger partial charge in [0.25, 0.3) is 11.8 Å². The van der Waals surface area contributed by atoms with Crippen LogP contribution in [0.1, 0.15) is 46.4 Å². The maximum Gasteiger partial charge on any atom is 0.490 e. The molecule has 3 aliphatic rings. The quantitative estimate of drug-likeness (QED) is 0.591. The molecule has 29 heavy (non-hydrogen) atoms. The number of halogens is 4. The summed E-state index contributed by atoms with van der Waals surface area (Å²) in [5.74, 6) is -3.21. The molecule has 0 radical (unpaired) electrons. The molecule has 2 fully saturated rings. The van der Waals surface area contributed by atoms with Crippen molar-refractivity contribution in [1.82, 2.24) is 10.2 Å². The molecule has 2 atom stereocenters. The van der Waals surface area contributed by atoms with Gasteiger partial charge in [0.2, 0.25) is 0 Å². The van der Waals surface area contributed by atoms with E-state index in [1.807, 2.05) is 0 Å². The number of fused-ring (bicyclic) bond motifs is 3. The van der Waals surface area contributed by atoms with E-state index in [0.717, 1.165) is 4.90 Å². The molecular weight excluding hydrogens is 413 g/mol. The first kappa shape index (κ1) is 19.9. The largest absolute Gasteiger partial charge is 0.490 e. The Balaban J connectivity index is 1.54. The van der Waals surface area contributed by atoms with Crippen LogP contribution in [0.4, 0.5) is 13.2 Å². The smallest absolute Gasteiger partial charge is 0.437 e. The second kappa shape index (κ2) is 6.84. The fourth-order valence-electron chi connectivity index (χ4n) is 4.12. The third-order valence-electron chi connectivity index (χ3n) is 5.43. The Morgan fingerprint density at radius 2 is 1.86 bits per heavy atom. The number of imide groups is 1. The van der Waals surface area contributed by atoms with Crippen molar-refractivity contribution >= 4 is 29.4 Å². The topological polar surface area (TPSA) is 75.7 Å². The molecule has 0 saturated carbocycles. The van der Waals surface area contributed by atoms with Crippen molar-refractivity contribution in [3.8, 4) is 0 Å². The van der Waals surface area contributed by atoms with Crippen LogP contribution in [-0.2, 0) is 9.53 Å². The molecule has 154 valence electrons. The summed E-state index contributed by atoms with van der Waals surface area (Å²) < 4.78 is 42.7. The Morgan fingerprint density at radius 1 is 1.24 bits per heavy atom. The fraction of sp³-hybridized carbons (Fsp3) is 0.421. The van der Waals surface area contributed by atoms with Crippen LogP contribution in [0.25, 0.3) is 0 Å². The van der Waals surface area contributed by atoms with E-state index in [1.165, 1.54) is 0 Å². The number of hydrogen-bond donors (Lipinski definition) is 1. The van der Waals surface area contributed by atoms with E-state index < -0.39 is 29.7 Å². The minimum Gasteiger partial charge on any atom is -0.437 e. The number of benzene rings is 1. The van der Waals surface area contributed by atoms with Gasteiger partial charge in [0.1, 0.15) is 0 Å². The summed E-state index contributed by atoms with van der Waals surface area (Å²) in [6.45, 7) is -0.181. The summed E-state index contributed by atoms with van der Waals surface area (Å²) in [5.41, 5.74) is -0.340. The molecule has 1 aromatic carbocycles. The number of ether oxygens (including phenoxy) is 1. The lowest BCUT2D eigenvalue weighted by atomic mass is 9.95. The van der Waals surface area contributed by atoms with Crippen LogP contribution in [-0.4, -0.2) is 47.2 Å². The minimum absolute atomic E-state index is 0.0344. The maximum absolute atomic E-state index is 12.6. The highest BCUT2D eigenvalue weighted by atomic mass is 35.5. The summed E-state index contributed by atoms with van der Waals surface area (Å²) in [4.78, 5) is 37.4. The zero-order valence-electron chi connectivity index (χ0n) is 15.0. The number of rotatable bonds is 3. The Morgan fingerprint density at radius 3 is 2.45 bits per heavy atom. The lowest BCUT2D eigenvalue weighted by Gasteiger charge is -2.36. The average molecular weight is 429 g/mol. The average Bonchev–Trinajstić information content (AvgIpc) is 3.09. The molecule has 10 heteroatoms. The van der Waals surface area contributed by atoms with Gasteiger partial charge in [-0.25, -0.2) is 4.79 Å². The molecule has 6 nitrogen and oxygen atoms in total. The number of nitrogens with zero attached hydrogens (tertiary/aromatic N) is 1. The van der Waals surface area contributed by atoms with Gasteiger partial charge in [0.05, 0.1) is 17.7 Å². The standard InChI is InChI=1S/C19H16ClF3N2O4/c20-14(9-25-15(26)12-3-1-2-4-13(12)16(25)27)10-7-11-5-6-18(8-10,24-11)29-17(28)19(21,22)23/h1-4,11,24H,5-9H2. The van der Waals surface area contributed by atoms with Gasteiger partial charge in [0.15, 0.2) is 5.72 Å². The van der Waals surface area contributed by atoms with Gasteiger partial charge in [-0.15, -0.1) is 0 Å². The highest BCUT2D eigenvalue weighted by Gasteiger charge is 2.52. The Labute approximate surface area is 168 Å². The van der Waals surface area contributed by atoms with Crippen LogP contribution >= 0.6 is 11.6 Å². The van der Waals surface area contributed by atoms with E-state index in [1.54, 1.807) is 24.3 Å². The highest BCUT2D eigenvalue weighted by Crippen LogP contribution is 2.42. The number of nitrogens with one attached hydrogen (secondary N) is 1. The van der Waals surface area contributed by atoms with Gasteiger partial charge in [-0.05, 0) is 30.5 Å². The Hall–Kier alpha value is -2.39. The van der Waals surface area contributed by atoms with Crippen molar-refractivity contribution in [2.24, 2.45) is 0 Å². The van der Waals surface area contributed by atoms with Crippen molar-refractivity contribution in [2.45, 2.75) is 43.6 Å². The number of piperidine rings is 1. The van der Waals surface area contributed by atoms with Crippen molar-refractivity contribution < 1.29 is 32.3 Å². The number of carbonyl (C=O) groups excluding carboxylic acids is 3. The van der Waals surface area contributed by atoms with Gasteiger partial charge in [0, 0.05) is 23.9 Å². The van der Waals surface area contributed by atoms with Crippen molar-refractivity contribution in [1.29, 1.82) is 0 Å². The molecule has 0 aromatic heterocycles. The van der Waals surface area contributed by atoms with Gasteiger partial charge < -0.3 is 4.74 Å². The molecular formula is C19H16ClF3N2O4. The predicted molar refractivity (Wildman–Crippen MR) is 95.0 cm³/mol. The first-order valence-corrected chi connectivity index (χ1v) is 9.37. The van der Waals surface area contributed by atoms with Crippen LogP contribution in [0.3, 0.4) is 0 Å². The Bertz CT molecular complexity index is 911. The molecule has 1 N–H and O–H groups in total. The summed E-state index contributed by atoms with van der Waals surface area (Å²) in [6.07, 6.45) is -3.95. The molecule has 2 saturated heterocycles. The van der Waals surface area contributed by atoms with Crippen LogP contribution in [0.2, 0.25) is 0 Å². The molecule has 2 amide bonds. The first-order chi connectivity index (χ1) is 13.6. The number of esters is 1. The van der Waals surface area contributed by atoms with Crippen molar-refractivity contribution in [3.63, 3.8) is 0 Å². The van der Waals surface area contributed by atoms with Crippen LogP contribution in [0.5, 0.6) is 0 Å². The molecule has 1 aromatic rings. The Kier molecular flexibility index (Phi) is 4.70. The van der Waals surface area contributed by atoms with E-state index in [0.29, 0.717) is 18.4 Å². The molecule has 0 aliphatic carbocycles. The SMILES string of the molecule is O=C1c2ccccc2C(=O)N1CC(Cl)=C1CC2CCC(OC(=O)C(F)(F)F)(C1)N2. The number of amides is 2. The normalized spacial score (nSPS) is 27.9. The van der Waals surface area contributed by atoms with Crippen molar-refractivity contribution in [2.75, 3.05) is 6.54 Å². The fourth-order valence-corrected chi connectivity index (χ4v) is 4.39. The molecule has 0 spiro atoms. The first-order valence-electron chi connectivity index (χ1n) is 8.99. The number of carbonyl (C=O) groups is 3. The third kappa shape index (κ3) is 3.53. The van der Waals surface area contributed by atoms with Crippen LogP contribution in [0, 0.1) is 0 Å². The van der Waals surface area contributed by atoms with Gasteiger partial charge >= 0.3 is 12.1 Å². The van der Waals surface area contributed by atoms with Crippen LogP contribution < -0.4 is 5.32 Å². The summed E-state index contributed by atoms with van der Waals surface area (Å²) in [5, 5.41) is 3.13. The van der Waals surface area contributed by atoms with E-state index in [-0.39, 0.29) is 41.6 Å². The monoisotopic (exact) mass is 428 g/mol. The third-order valence-corrected chi connectivity index (χ3v) is 5.82. The zero-order chi connectivity index (χ0) is 21.0. The minimum atomic E-state index is -5.10. The lowest BCUT2D eigenvalue weighted by molar-refractivity contribution is -0.216. The van der Waals surface area contributed by atoms with Gasteiger partial charge in [-0.2, -0.15) is 13.2 Å². The van der Waals surface area contributed by atoms with E-state index >= 15 is 0 Å². The summed E-state index contributed by atoms with van der Waals surface area (Å²) in [6, 6.07) is 6.20. The zero-order valence-corrected chi connectivity index (χ0v) is 15.8. The maximum atomic E-state index is 12.6. The summed E-state index contributed by atoms with van der Waals surface area (Å²) in [7, 11) is 0.